The van der Waals surface area contributed by atoms with E-state index in [1.54, 1.807) is 39.0 Å². The fourth-order valence-corrected chi connectivity index (χ4v) is 4.79. The van der Waals surface area contributed by atoms with Gasteiger partial charge in [-0.05, 0) is 37.6 Å². The normalized spacial score (nSPS) is 10.4. The lowest BCUT2D eigenvalue weighted by Gasteiger charge is -2.06. The van der Waals surface area contributed by atoms with Crippen LogP contribution < -0.4 is 0 Å². The third-order valence-electron chi connectivity index (χ3n) is 5.42. The Morgan fingerprint density at radius 2 is 1.43 bits per heavy atom. The number of carbonyl (C=O) groups is 2. The highest BCUT2D eigenvalue weighted by Crippen LogP contribution is 2.38. The van der Waals surface area contributed by atoms with Crippen molar-refractivity contribution < 1.29 is 33.6 Å². The van der Waals surface area contributed by atoms with E-state index in [2.05, 4.69) is 35.8 Å². The van der Waals surface area contributed by atoms with Crippen LogP contribution in [0.15, 0.2) is 46.1 Å². The molecule has 44 heavy (non-hydrogen) atoms. The van der Waals surface area contributed by atoms with E-state index in [1.165, 1.54) is 0 Å². The van der Waals surface area contributed by atoms with E-state index in [9.17, 15) is 9.59 Å². The Hall–Kier alpha value is -2.91. The molecular formula is C30H33Cl5N2O7. The topological polar surface area (TPSA) is 136 Å². The van der Waals surface area contributed by atoms with Crippen molar-refractivity contribution in [1.82, 2.24) is 5.16 Å². The summed E-state index contributed by atoms with van der Waals surface area (Å²) in [5.41, 5.74) is 2.94. The van der Waals surface area contributed by atoms with E-state index in [4.69, 9.17) is 77.3 Å². The van der Waals surface area contributed by atoms with Gasteiger partial charge in [-0.2, -0.15) is 9.59 Å². The number of ketones is 1. The largest absolute Gasteiger partial charge is 0.466 e. The number of oxime groups is 1. The summed E-state index contributed by atoms with van der Waals surface area (Å²) in [5.74, 6) is 0.625. The molecule has 3 aromatic rings. The van der Waals surface area contributed by atoms with Gasteiger partial charge in [0.2, 0.25) is 0 Å². The predicted octanol–water partition coefficient (Wildman–Crippen LogP) is 9.28. The zero-order chi connectivity index (χ0) is 34.0. The lowest BCUT2D eigenvalue weighted by molar-refractivity contribution is -0.191. The molecule has 14 heteroatoms. The van der Waals surface area contributed by atoms with Crippen LogP contribution >= 0.6 is 58.0 Å². The molecule has 0 saturated heterocycles. The van der Waals surface area contributed by atoms with Crippen LogP contribution in [0.4, 0.5) is 0 Å². The molecule has 0 amide bonds. The smallest absolute Gasteiger partial charge is 0.373 e. The molecule has 240 valence electrons. The summed E-state index contributed by atoms with van der Waals surface area (Å²) in [6, 6.07) is 10.3. The van der Waals surface area contributed by atoms with Gasteiger partial charge in [0.15, 0.2) is 5.17 Å². The lowest BCUT2D eigenvalue weighted by atomic mass is 9.99. The van der Waals surface area contributed by atoms with E-state index < -0.39 is 5.97 Å². The molecule has 0 bridgehead atoms. The zero-order valence-electron chi connectivity index (χ0n) is 24.9. The molecule has 0 saturated carbocycles. The summed E-state index contributed by atoms with van der Waals surface area (Å²) >= 11 is 29.4. The average molecular weight is 711 g/mol. The minimum Gasteiger partial charge on any atom is -0.466 e. The molecule has 0 fully saturated rings. The van der Waals surface area contributed by atoms with E-state index in [-0.39, 0.29) is 29.4 Å². The third kappa shape index (κ3) is 13.4. The molecule has 0 atom stereocenters. The third-order valence-corrected chi connectivity index (χ3v) is 6.95. The molecule has 0 aliphatic carbocycles. The van der Waals surface area contributed by atoms with Crippen molar-refractivity contribution in [2.75, 3.05) is 6.61 Å². The van der Waals surface area contributed by atoms with Gasteiger partial charge in [-0.25, -0.2) is 0 Å². The van der Waals surface area contributed by atoms with Crippen molar-refractivity contribution in [2.24, 2.45) is 11.1 Å². The number of carbonyl (C=O) groups excluding carboxylic acids is 4. The first-order chi connectivity index (χ1) is 20.7. The molecule has 0 radical (unpaired) electrons. The lowest BCUT2D eigenvalue weighted by Crippen LogP contribution is -2.15. The first-order valence-electron chi connectivity index (χ1n) is 13.1. The Morgan fingerprint density at radius 3 is 1.82 bits per heavy atom. The van der Waals surface area contributed by atoms with Crippen molar-refractivity contribution >= 4 is 81.1 Å². The second-order valence-electron chi connectivity index (χ2n) is 9.15. The Kier molecular flexibility index (Phi) is 20.3. The number of nitrogens with zero attached hydrogens (tertiary/aromatic N) is 2. The van der Waals surface area contributed by atoms with Gasteiger partial charge in [-0.15, -0.1) is 0 Å². The molecule has 1 N–H and O–H groups in total. The Bertz CT molecular complexity index is 1390. The van der Waals surface area contributed by atoms with Gasteiger partial charge >= 0.3 is 12.1 Å². The van der Waals surface area contributed by atoms with Crippen LogP contribution in [0.2, 0.25) is 20.1 Å². The predicted molar refractivity (Wildman–Crippen MR) is 172 cm³/mol. The van der Waals surface area contributed by atoms with Crippen LogP contribution in [0.1, 0.15) is 70.8 Å². The highest BCUT2D eigenvalue weighted by atomic mass is 35.5. The number of hydrogen-bond donors (Lipinski definition) is 1. The Balaban J connectivity index is 0.000000627. The SMILES string of the molecule is CCOC(=O)CC(=O)C(C)C.CCc1c(-c2c(Cl)cccc2Cl)noc1C(C)C.O/N=C(\Cl)c1c(Cl)cccc1Cl.O=C=O. The second kappa shape index (κ2) is 21.7. The molecule has 0 spiro atoms. The molecular weight excluding hydrogens is 678 g/mol. The van der Waals surface area contributed by atoms with Gasteiger partial charge in [-0.1, -0.05) is 115 Å². The number of rotatable bonds is 8. The summed E-state index contributed by atoms with van der Waals surface area (Å²) in [4.78, 5) is 37.9. The number of benzene rings is 2. The maximum absolute atomic E-state index is 10.9. The highest BCUT2D eigenvalue weighted by Gasteiger charge is 2.21. The molecule has 0 aliphatic heterocycles. The molecule has 1 heterocycles. The molecule has 2 aromatic carbocycles. The van der Waals surface area contributed by atoms with Crippen molar-refractivity contribution in [3.8, 4) is 11.3 Å². The Labute approximate surface area is 281 Å². The van der Waals surface area contributed by atoms with Crippen LogP contribution in [0, 0.1) is 5.92 Å². The number of halogens is 5. The molecule has 3 rings (SSSR count). The number of Topliss-reactive ketones (excluding diaryl/α,β-unsaturated/α-hetero) is 1. The van der Waals surface area contributed by atoms with Gasteiger partial charge in [0.05, 0.1) is 32.3 Å². The van der Waals surface area contributed by atoms with Crippen molar-refractivity contribution in [2.45, 2.75) is 60.3 Å². The summed E-state index contributed by atoms with van der Waals surface area (Å²) in [6.07, 6.45) is 0.999. The van der Waals surface area contributed by atoms with E-state index >= 15 is 0 Å². The van der Waals surface area contributed by atoms with Gasteiger partial charge in [0.1, 0.15) is 23.7 Å². The summed E-state index contributed by atoms with van der Waals surface area (Å²) in [7, 11) is 0. The number of aromatic nitrogens is 1. The minimum atomic E-state index is -0.425. The Morgan fingerprint density at radius 1 is 0.955 bits per heavy atom. The molecule has 1 aromatic heterocycles. The maximum atomic E-state index is 10.9. The van der Waals surface area contributed by atoms with Gasteiger partial charge in [0, 0.05) is 23.0 Å². The number of hydrogen-bond acceptors (Lipinski definition) is 9. The van der Waals surface area contributed by atoms with Gasteiger partial charge < -0.3 is 14.5 Å². The quantitative estimate of drug-likeness (QED) is 0.0803. The fourth-order valence-electron chi connectivity index (χ4n) is 3.34. The second-order valence-corrected chi connectivity index (χ2v) is 11.1. The summed E-state index contributed by atoms with van der Waals surface area (Å²) in [5, 5.41) is 17.1. The summed E-state index contributed by atoms with van der Waals surface area (Å²) in [6.45, 7) is 11.8. The van der Waals surface area contributed by atoms with Crippen LogP contribution in [0.5, 0.6) is 0 Å². The average Bonchev–Trinajstić information content (AvgIpc) is 3.38. The van der Waals surface area contributed by atoms with Crippen LogP contribution in [-0.4, -0.2) is 40.0 Å². The van der Waals surface area contributed by atoms with Crippen LogP contribution in [0.25, 0.3) is 11.3 Å². The van der Waals surface area contributed by atoms with Gasteiger partial charge in [0.25, 0.3) is 0 Å². The first kappa shape index (κ1) is 41.1. The van der Waals surface area contributed by atoms with Crippen molar-refractivity contribution in [3.05, 3.63) is 73.4 Å². The van der Waals surface area contributed by atoms with E-state index in [1.807, 2.05) is 18.2 Å². The summed E-state index contributed by atoms with van der Waals surface area (Å²) < 4.78 is 10.0. The van der Waals surface area contributed by atoms with Crippen molar-refractivity contribution in [3.63, 3.8) is 0 Å². The van der Waals surface area contributed by atoms with E-state index in [0.29, 0.717) is 38.2 Å². The molecule has 0 aliphatic rings. The standard InChI is InChI=1S/C14H15Cl2NO.C8H14O3.C7H4Cl3NO.CO2/c1-4-9-13(17-18-14(9)8(2)3)12-10(15)6-5-7-11(12)16;1-4-11-8(10)5-7(9)6(2)3;8-4-2-1-3-5(9)6(4)7(10)11-12;2-1-3/h5-8H,4H2,1-3H3;6H,4-5H2,1-3H3;1-3,12H;/b;;11-7-;. The maximum Gasteiger partial charge on any atom is 0.373 e. The van der Waals surface area contributed by atoms with Crippen LogP contribution in [-0.2, 0) is 30.3 Å². The number of esters is 1. The number of ether oxygens (including phenoxy) is 1. The molecule has 0 unspecified atom stereocenters. The van der Waals surface area contributed by atoms with Crippen LogP contribution in [0.3, 0.4) is 0 Å². The van der Waals surface area contributed by atoms with Gasteiger partial charge in [-0.3, -0.25) is 9.59 Å². The highest BCUT2D eigenvalue weighted by molar-refractivity contribution is 6.71. The first-order valence-corrected chi connectivity index (χ1v) is 15.0. The zero-order valence-corrected chi connectivity index (χ0v) is 28.7. The monoisotopic (exact) mass is 708 g/mol. The van der Waals surface area contributed by atoms with Crippen molar-refractivity contribution in [1.29, 1.82) is 0 Å². The molecule has 9 nitrogen and oxygen atoms in total. The van der Waals surface area contributed by atoms with E-state index in [0.717, 1.165) is 29.0 Å². The fraction of sp³-hybridized carbons (Fsp3) is 0.367. The minimum absolute atomic E-state index is 0.0662.